The third-order valence-corrected chi connectivity index (χ3v) is 6.96. The molecule has 0 saturated heterocycles. The van der Waals surface area contributed by atoms with E-state index < -0.39 is 27.8 Å². The Labute approximate surface area is 183 Å². The number of fused-ring (bicyclic) bond motifs is 2. The summed E-state index contributed by atoms with van der Waals surface area (Å²) in [5, 5.41) is 4.18. The summed E-state index contributed by atoms with van der Waals surface area (Å²) < 4.78 is 51.8. The third kappa shape index (κ3) is 3.39. The maximum Gasteiger partial charge on any atom is 0.283 e. The fourth-order valence-corrected chi connectivity index (χ4v) is 4.94. The van der Waals surface area contributed by atoms with Crippen molar-refractivity contribution in [1.29, 1.82) is 0 Å². The molecule has 11 heteroatoms. The summed E-state index contributed by atoms with van der Waals surface area (Å²) in [5.74, 6) is -0.176. The summed E-state index contributed by atoms with van der Waals surface area (Å²) >= 11 is 0. The van der Waals surface area contributed by atoms with Crippen LogP contribution in [-0.4, -0.2) is 41.6 Å². The third-order valence-electron chi connectivity index (χ3n) is 5.43. The Hall–Kier alpha value is -3.44. The van der Waals surface area contributed by atoms with Crippen LogP contribution in [0.25, 0.3) is 0 Å². The van der Waals surface area contributed by atoms with Gasteiger partial charge in [-0.15, -0.1) is 0 Å². The molecule has 0 bridgehead atoms. The Morgan fingerprint density at radius 1 is 1.09 bits per heavy atom. The summed E-state index contributed by atoms with van der Waals surface area (Å²) in [6.45, 7) is 0.958. The number of halogens is 1. The van der Waals surface area contributed by atoms with Gasteiger partial charge in [0, 0.05) is 29.9 Å². The fourth-order valence-electron chi connectivity index (χ4n) is 3.76. The zero-order chi connectivity index (χ0) is 22.5. The van der Waals surface area contributed by atoms with E-state index in [1.165, 1.54) is 41.4 Å². The van der Waals surface area contributed by atoms with Gasteiger partial charge in [-0.25, -0.2) is 4.39 Å². The summed E-state index contributed by atoms with van der Waals surface area (Å²) in [4.78, 5) is 14.2. The number of carbonyl (C=O) groups excluding carboxylic acids is 1. The molecular formula is C21H19FN4O5S. The van der Waals surface area contributed by atoms with Crippen molar-refractivity contribution in [2.45, 2.75) is 24.0 Å². The lowest BCUT2D eigenvalue weighted by Crippen LogP contribution is -2.35. The average molecular weight is 458 g/mol. The molecule has 0 fully saturated rings. The molecule has 1 amide bonds. The normalized spacial score (nSPS) is 16.0. The van der Waals surface area contributed by atoms with Crippen LogP contribution in [0.3, 0.4) is 0 Å². The van der Waals surface area contributed by atoms with E-state index >= 15 is 0 Å². The first-order valence-corrected chi connectivity index (χ1v) is 11.3. The molecule has 0 radical (unpaired) electrons. The van der Waals surface area contributed by atoms with Crippen LogP contribution in [0.2, 0.25) is 0 Å². The summed E-state index contributed by atoms with van der Waals surface area (Å²) in [6.07, 6.45) is 1.38. The molecule has 1 atom stereocenters. The van der Waals surface area contributed by atoms with Crippen molar-refractivity contribution in [1.82, 2.24) is 14.1 Å². The Morgan fingerprint density at radius 2 is 1.84 bits per heavy atom. The number of nitrogens with zero attached hydrogens (tertiary/aromatic N) is 3. The van der Waals surface area contributed by atoms with Crippen molar-refractivity contribution in [2.75, 3.05) is 13.2 Å². The van der Waals surface area contributed by atoms with Gasteiger partial charge >= 0.3 is 0 Å². The molecular weight excluding hydrogens is 439 g/mol. The van der Waals surface area contributed by atoms with Gasteiger partial charge in [0.2, 0.25) is 5.91 Å². The molecule has 1 aromatic heterocycles. The number of nitrogens with two attached hydrogens (primary N) is 1. The Bertz CT molecular complexity index is 1300. The summed E-state index contributed by atoms with van der Waals surface area (Å²) in [5.41, 5.74) is 7.11. The first-order valence-electron chi connectivity index (χ1n) is 9.86. The first-order chi connectivity index (χ1) is 15.3. The van der Waals surface area contributed by atoms with Gasteiger partial charge < -0.3 is 20.1 Å². The topological polar surface area (TPSA) is 117 Å². The molecule has 166 valence electrons. The highest BCUT2D eigenvalue weighted by Gasteiger charge is 2.33. The standard InChI is InChI=1S/C21H19FN4O5S/c22-16-4-2-1-3-15(16)20(23)21(27)25-10-13-11-26(24-17(13)12-25)32(28,29)14-5-6-18-19(9-14)31-8-7-30-18/h1-6,9,11,20H,7-8,10,12,23H2. The highest BCUT2D eigenvalue weighted by Crippen LogP contribution is 2.33. The fraction of sp³-hybridized carbons (Fsp3) is 0.238. The molecule has 2 N–H and O–H groups in total. The van der Waals surface area contributed by atoms with E-state index in [1.807, 2.05) is 0 Å². The van der Waals surface area contributed by atoms with Gasteiger partial charge in [-0.1, -0.05) is 18.2 Å². The number of rotatable bonds is 4. The Balaban J connectivity index is 1.35. The second-order valence-corrected chi connectivity index (χ2v) is 9.27. The van der Waals surface area contributed by atoms with Gasteiger partial charge in [-0.2, -0.15) is 17.6 Å². The minimum absolute atomic E-state index is 0.0115. The predicted molar refractivity (Wildman–Crippen MR) is 110 cm³/mol. The number of carbonyl (C=O) groups is 1. The molecule has 0 spiro atoms. The predicted octanol–water partition coefficient (Wildman–Crippen LogP) is 1.57. The lowest BCUT2D eigenvalue weighted by Gasteiger charge is -2.21. The van der Waals surface area contributed by atoms with Gasteiger partial charge in [0.1, 0.15) is 25.1 Å². The van der Waals surface area contributed by atoms with E-state index in [2.05, 4.69) is 5.10 Å². The van der Waals surface area contributed by atoms with E-state index in [4.69, 9.17) is 15.2 Å². The van der Waals surface area contributed by atoms with Crippen molar-refractivity contribution in [3.63, 3.8) is 0 Å². The second-order valence-electron chi connectivity index (χ2n) is 7.48. The highest BCUT2D eigenvalue weighted by molar-refractivity contribution is 7.89. The van der Waals surface area contributed by atoms with Crippen molar-refractivity contribution < 1.29 is 27.1 Å². The van der Waals surface area contributed by atoms with E-state index in [9.17, 15) is 17.6 Å². The van der Waals surface area contributed by atoms with Gasteiger partial charge in [0.15, 0.2) is 11.5 Å². The quantitative estimate of drug-likeness (QED) is 0.631. The average Bonchev–Trinajstić information content (AvgIpc) is 3.38. The largest absolute Gasteiger partial charge is 0.486 e. The Morgan fingerprint density at radius 3 is 2.59 bits per heavy atom. The monoisotopic (exact) mass is 458 g/mol. The van der Waals surface area contributed by atoms with Crippen LogP contribution in [0.4, 0.5) is 4.39 Å². The number of ether oxygens (including phenoxy) is 2. The maximum absolute atomic E-state index is 14.0. The lowest BCUT2D eigenvalue weighted by atomic mass is 10.1. The highest BCUT2D eigenvalue weighted by atomic mass is 32.2. The van der Waals surface area contributed by atoms with E-state index in [0.29, 0.717) is 36.0 Å². The number of benzene rings is 2. The smallest absolute Gasteiger partial charge is 0.283 e. The number of hydrogen-bond acceptors (Lipinski definition) is 7. The minimum Gasteiger partial charge on any atom is -0.486 e. The molecule has 9 nitrogen and oxygen atoms in total. The van der Waals surface area contributed by atoms with Crippen LogP contribution < -0.4 is 15.2 Å². The lowest BCUT2D eigenvalue weighted by molar-refractivity contribution is -0.133. The molecule has 0 aliphatic carbocycles. The number of hydrogen-bond donors (Lipinski definition) is 1. The molecule has 3 heterocycles. The first kappa shape index (κ1) is 20.5. The van der Waals surface area contributed by atoms with Crippen LogP contribution in [0, 0.1) is 5.82 Å². The minimum atomic E-state index is -3.96. The summed E-state index contributed by atoms with van der Waals surface area (Å²) in [6, 6.07) is 9.06. The molecule has 1 unspecified atom stereocenters. The van der Waals surface area contributed by atoms with Crippen molar-refractivity contribution in [3.8, 4) is 11.5 Å². The summed E-state index contributed by atoms with van der Waals surface area (Å²) in [7, 11) is -3.96. The van der Waals surface area contributed by atoms with E-state index in [0.717, 1.165) is 4.09 Å². The Kier molecular flexibility index (Phi) is 4.86. The van der Waals surface area contributed by atoms with Crippen LogP contribution in [0.15, 0.2) is 53.6 Å². The molecule has 2 aliphatic rings. The molecule has 3 aromatic rings. The second kappa shape index (κ2) is 7.61. The van der Waals surface area contributed by atoms with E-state index in [1.54, 1.807) is 12.1 Å². The van der Waals surface area contributed by atoms with Crippen LogP contribution in [-0.2, 0) is 27.9 Å². The number of aromatic nitrogens is 2. The molecule has 2 aromatic carbocycles. The van der Waals surface area contributed by atoms with Crippen LogP contribution >= 0.6 is 0 Å². The molecule has 5 rings (SSSR count). The van der Waals surface area contributed by atoms with Crippen molar-refractivity contribution in [2.24, 2.45) is 5.73 Å². The molecule has 0 saturated carbocycles. The van der Waals surface area contributed by atoms with Crippen LogP contribution in [0.1, 0.15) is 22.9 Å². The van der Waals surface area contributed by atoms with Gasteiger partial charge in [0.05, 0.1) is 17.1 Å². The molecule has 32 heavy (non-hydrogen) atoms. The van der Waals surface area contributed by atoms with E-state index in [-0.39, 0.29) is 23.5 Å². The van der Waals surface area contributed by atoms with Crippen LogP contribution in [0.5, 0.6) is 11.5 Å². The zero-order valence-electron chi connectivity index (χ0n) is 16.8. The maximum atomic E-state index is 14.0. The van der Waals surface area contributed by atoms with Gasteiger partial charge in [-0.3, -0.25) is 4.79 Å². The number of amides is 1. The van der Waals surface area contributed by atoms with Gasteiger partial charge in [-0.05, 0) is 18.2 Å². The van der Waals surface area contributed by atoms with Gasteiger partial charge in [0.25, 0.3) is 10.0 Å². The molecule has 2 aliphatic heterocycles. The van der Waals surface area contributed by atoms with Crippen molar-refractivity contribution in [3.05, 3.63) is 71.3 Å². The zero-order valence-corrected chi connectivity index (χ0v) is 17.6. The SMILES string of the molecule is NC(C(=O)N1Cc2cn(S(=O)(=O)c3ccc4c(c3)OCCO4)nc2C1)c1ccccc1F. The van der Waals surface area contributed by atoms with Crippen molar-refractivity contribution >= 4 is 15.9 Å².